The molecule has 2 rings (SSSR count). The summed E-state index contributed by atoms with van der Waals surface area (Å²) in [6, 6.07) is 3.53. The van der Waals surface area contributed by atoms with Gasteiger partial charge in [-0.3, -0.25) is 5.10 Å². The van der Waals surface area contributed by atoms with E-state index in [0.29, 0.717) is 11.4 Å². The number of ether oxygens (including phenoxy) is 2. The summed E-state index contributed by atoms with van der Waals surface area (Å²) in [5, 5.41) is 9.98. The second-order valence-corrected chi connectivity index (χ2v) is 3.58. The van der Waals surface area contributed by atoms with Gasteiger partial charge in [0.2, 0.25) is 0 Å². The van der Waals surface area contributed by atoms with Gasteiger partial charge >= 0.3 is 6.09 Å². The van der Waals surface area contributed by atoms with Gasteiger partial charge in [-0.25, -0.2) is 4.79 Å². The Kier molecular flexibility index (Phi) is 3.52. The Bertz CT molecular complexity index is 552. The number of nitrogens with one attached hydrogen (secondary N) is 2. The van der Waals surface area contributed by atoms with Gasteiger partial charge in [-0.05, 0) is 6.07 Å². The zero-order valence-electron chi connectivity index (χ0n) is 9.90. The van der Waals surface area contributed by atoms with Crippen molar-refractivity contribution >= 4 is 22.7 Å². The van der Waals surface area contributed by atoms with Gasteiger partial charge in [-0.15, -0.1) is 0 Å². The van der Waals surface area contributed by atoms with Crippen molar-refractivity contribution in [2.24, 2.45) is 0 Å². The first-order valence-electron chi connectivity index (χ1n) is 5.40. The lowest BCUT2D eigenvalue weighted by Crippen LogP contribution is -2.21. The zero-order chi connectivity index (χ0) is 13.0. The molecule has 2 aromatic rings. The number of nitrogens with two attached hydrogens (primary N) is 1. The number of amides is 1. The molecule has 0 radical (unpaired) electrons. The van der Waals surface area contributed by atoms with Crippen LogP contribution in [0.15, 0.2) is 18.3 Å². The Labute approximate surface area is 103 Å². The predicted octanol–water partition coefficient (Wildman–Crippen LogP) is 0.880. The largest absolute Gasteiger partial charge is 0.488 e. The van der Waals surface area contributed by atoms with E-state index in [1.165, 1.54) is 7.05 Å². The molecule has 0 aliphatic heterocycles. The van der Waals surface area contributed by atoms with Crippen LogP contribution in [0.25, 0.3) is 10.9 Å². The number of carbonyl (C=O) groups is 1. The number of fused-ring (bicyclic) bond motifs is 1. The van der Waals surface area contributed by atoms with E-state index in [1.807, 2.05) is 0 Å². The van der Waals surface area contributed by atoms with Crippen molar-refractivity contribution in [3.05, 3.63) is 18.3 Å². The Morgan fingerprint density at radius 1 is 1.50 bits per heavy atom. The average Bonchev–Trinajstić information content (AvgIpc) is 2.81. The predicted molar refractivity (Wildman–Crippen MR) is 66.4 cm³/mol. The van der Waals surface area contributed by atoms with Crippen molar-refractivity contribution in [1.82, 2.24) is 15.5 Å². The molecule has 0 spiro atoms. The third-order valence-corrected chi connectivity index (χ3v) is 2.35. The fourth-order valence-electron chi connectivity index (χ4n) is 1.47. The first kappa shape index (κ1) is 12.0. The number of anilines is 1. The summed E-state index contributed by atoms with van der Waals surface area (Å²) in [5.41, 5.74) is 7.18. The molecule has 1 heterocycles. The first-order valence-corrected chi connectivity index (χ1v) is 5.40. The number of aromatic nitrogens is 2. The minimum atomic E-state index is -0.490. The second-order valence-electron chi connectivity index (χ2n) is 3.58. The SMILES string of the molecule is CNC(=O)OCCOc1cc2[nH]ncc2cc1N. The van der Waals surface area contributed by atoms with Gasteiger partial charge in [-0.2, -0.15) is 5.10 Å². The van der Waals surface area contributed by atoms with E-state index in [2.05, 4.69) is 15.5 Å². The highest BCUT2D eigenvalue weighted by Gasteiger charge is 2.05. The van der Waals surface area contributed by atoms with Crippen LogP contribution >= 0.6 is 0 Å². The number of hydrogen-bond donors (Lipinski definition) is 3. The maximum absolute atomic E-state index is 10.8. The average molecular weight is 250 g/mol. The van der Waals surface area contributed by atoms with Gasteiger partial charge in [0.15, 0.2) is 0 Å². The van der Waals surface area contributed by atoms with Crippen LogP contribution < -0.4 is 15.8 Å². The van der Waals surface area contributed by atoms with E-state index in [9.17, 15) is 4.79 Å². The highest BCUT2D eigenvalue weighted by molar-refractivity contribution is 5.84. The number of rotatable bonds is 4. The molecular formula is C11H14N4O3. The Morgan fingerprint density at radius 3 is 3.11 bits per heavy atom. The van der Waals surface area contributed by atoms with E-state index in [1.54, 1.807) is 18.3 Å². The third kappa shape index (κ3) is 2.62. The van der Waals surface area contributed by atoms with E-state index < -0.39 is 6.09 Å². The van der Waals surface area contributed by atoms with Gasteiger partial charge in [0, 0.05) is 18.5 Å². The number of nitrogens with zero attached hydrogens (tertiary/aromatic N) is 1. The summed E-state index contributed by atoms with van der Waals surface area (Å²) in [6.45, 7) is 0.386. The van der Waals surface area contributed by atoms with Crippen LogP contribution in [0.1, 0.15) is 0 Å². The Hall–Kier alpha value is -2.44. The smallest absolute Gasteiger partial charge is 0.406 e. The van der Waals surface area contributed by atoms with Crippen LogP contribution in [0.4, 0.5) is 10.5 Å². The number of nitrogen functional groups attached to an aromatic ring is 1. The molecule has 7 heteroatoms. The first-order chi connectivity index (χ1) is 8.70. The zero-order valence-corrected chi connectivity index (χ0v) is 9.90. The molecule has 0 aliphatic rings. The van der Waals surface area contributed by atoms with Crippen LogP contribution in [0, 0.1) is 0 Å². The van der Waals surface area contributed by atoms with Gasteiger partial charge < -0.3 is 20.5 Å². The van der Waals surface area contributed by atoms with Crippen molar-refractivity contribution in [3.8, 4) is 5.75 Å². The van der Waals surface area contributed by atoms with Crippen LogP contribution in [0.3, 0.4) is 0 Å². The molecule has 0 atom stereocenters. The molecule has 0 saturated heterocycles. The number of benzene rings is 1. The van der Waals surface area contributed by atoms with E-state index in [-0.39, 0.29) is 13.2 Å². The van der Waals surface area contributed by atoms with Gasteiger partial charge in [-0.1, -0.05) is 0 Å². The molecule has 0 fully saturated rings. The van der Waals surface area contributed by atoms with Crippen molar-refractivity contribution < 1.29 is 14.3 Å². The molecule has 4 N–H and O–H groups in total. The summed E-state index contributed by atoms with van der Waals surface area (Å²) in [5.74, 6) is 0.534. The van der Waals surface area contributed by atoms with Crippen LogP contribution in [-0.2, 0) is 4.74 Å². The lowest BCUT2D eigenvalue weighted by Gasteiger charge is -2.09. The minimum absolute atomic E-state index is 0.153. The molecule has 96 valence electrons. The van der Waals surface area contributed by atoms with Gasteiger partial charge in [0.1, 0.15) is 19.0 Å². The lowest BCUT2D eigenvalue weighted by atomic mass is 10.2. The fourth-order valence-corrected chi connectivity index (χ4v) is 1.47. The molecule has 0 bridgehead atoms. The van der Waals surface area contributed by atoms with Gasteiger partial charge in [0.25, 0.3) is 0 Å². The summed E-state index contributed by atoms with van der Waals surface area (Å²) in [4.78, 5) is 10.8. The number of aromatic amines is 1. The number of hydrogen-bond acceptors (Lipinski definition) is 5. The fraction of sp³-hybridized carbons (Fsp3) is 0.273. The summed E-state index contributed by atoms with van der Waals surface area (Å²) >= 11 is 0. The molecule has 1 aromatic carbocycles. The highest BCUT2D eigenvalue weighted by Crippen LogP contribution is 2.26. The molecular weight excluding hydrogens is 236 g/mol. The van der Waals surface area contributed by atoms with E-state index in [4.69, 9.17) is 15.2 Å². The number of H-pyrrole nitrogens is 1. The normalized spacial score (nSPS) is 10.3. The lowest BCUT2D eigenvalue weighted by molar-refractivity contribution is 0.127. The molecule has 1 aromatic heterocycles. The highest BCUT2D eigenvalue weighted by atomic mass is 16.6. The second kappa shape index (κ2) is 5.26. The molecule has 0 aliphatic carbocycles. The van der Waals surface area contributed by atoms with Crippen molar-refractivity contribution in [2.75, 3.05) is 26.0 Å². The third-order valence-electron chi connectivity index (χ3n) is 2.35. The molecule has 0 saturated carbocycles. The Morgan fingerprint density at radius 2 is 2.33 bits per heavy atom. The standard InChI is InChI=1S/C11H14N4O3/c1-13-11(16)18-3-2-17-10-5-9-7(4-8(10)12)6-14-15-9/h4-6H,2-3,12H2,1H3,(H,13,16)(H,14,15). The molecule has 18 heavy (non-hydrogen) atoms. The molecule has 1 amide bonds. The van der Waals surface area contributed by atoms with Crippen LogP contribution in [0.5, 0.6) is 5.75 Å². The van der Waals surface area contributed by atoms with E-state index in [0.717, 1.165) is 10.9 Å². The molecule has 7 nitrogen and oxygen atoms in total. The summed E-state index contributed by atoms with van der Waals surface area (Å²) in [6.07, 6.45) is 1.19. The maximum Gasteiger partial charge on any atom is 0.406 e. The van der Waals surface area contributed by atoms with Crippen molar-refractivity contribution in [2.45, 2.75) is 0 Å². The minimum Gasteiger partial charge on any atom is -0.488 e. The quantitative estimate of drug-likeness (QED) is 0.552. The van der Waals surface area contributed by atoms with E-state index >= 15 is 0 Å². The number of alkyl carbamates (subject to hydrolysis) is 1. The van der Waals surface area contributed by atoms with Gasteiger partial charge in [0.05, 0.1) is 17.4 Å². The molecule has 0 unspecified atom stereocenters. The summed E-state index contributed by atoms with van der Waals surface area (Å²) < 4.78 is 10.2. The van der Waals surface area contributed by atoms with Crippen molar-refractivity contribution in [1.29, 1.82) is 0 Å². The van der Waals surface area contributed by atoms with Crippen molar-refractivity contribution in [3.63, 3.8) is 0 Å². The monoisotopic (exact) mass is 250 g/mol. The van der Waals surface area contributed by atoms with Crippen LogP contribution in [0.2, 0.25) is 0 Å². The Balaban J connectivity index is 1.94. The number of carbonyl (C=O) groups excluding carboxylic acids is 1. The maximum atomic E-state index is 10.8. The van der Waals surface area contributed by atoms with Crippen LogP contribution in [-0.4, -0.2) is 36.6 Å². The summed E-state index contributed by atoms with van der Waals surface area (Å²) in [7, 11) is 1.49. The topological polar surface area (TPSA) is 102 Å².